The van der Waals surface area contributed by atoms with Crippen molar-refractivity contribution in [3.63, 3.8) is 0 Å². The van der Waals surface area contributed by atoms with E-state index in [0.717, 1.165) is 0 Å². The van der Waals surface area contributed by atoms with Crippen LogP contribution in [0.1, 0.15) is 0 Å². The fraction of sp³-hybridized carbons (Fsp3) is 0.333. The van der Waals surface area contributed by atoms with Crippen molar-refractivity contribution in [2.75, 3.05) is 0 Å². The maximum absolute atomic E-state index is 8.14. The number of hydrogen-bond donors (Lipinski definition) is 3. The van der Waals surface area contributed by atoms with Crippen LogP contribution in [0.15, 0.2) is 12.3 Å². The lowest BCUT2D eigenvalue weighted by molar-refractivity contribution is 0.409. The van der Waals surface area contributed by atoms with E-state index in [1.807, 2.05) is 0 Å². The van der Waals surface area contributed by atoms with Crippen LogP contribution in [0.5, 0.6) is 0 Å². The fourth-order valence-electron chi connectivity index (χ4n) is 0.235. The molecule has 0 saturated carbocycles. The van der Waals surface area contributed by atoms with Gasteiger partial charge in [0.2, 0.25) is 0 Å². The molecular weight excluding hydrogens is 92.8 g/mol. The van der Waals surface area contributed by atoms with Crippen LogP contribution in [0.25, 0.3) is 0 Å². The predicted molar refractivity (Wildman–Crippen MR) is 28.3 cm³/mol. The molecule has 0 rings (SSSR count). The van der Waals surface area contributed by atoms with E-state index in [-0.39, 0.29) is 12.0 Å². The largest absolute Gasteiger partial charge is 0.457 e. The molecule has 0 radical (unpaired) electrons. The van der Waals surface area contributed by atoms with E-state index in [2.05, 4.69) is 6.58 Å². The Morgan fingerprint density at radius 1 is 1.71 bits per heavy atom. The van der Waals surface area contributed by atoms with E-state index < -0.39 is 7.12 Å². The minimum Gasteiger partial charge on any atom is -0.427 e. The Morgan fingerprint density at radius 3 is 2.14 bits per heavy atom. The Kier molecular flexibility index (Phi) is 2.48. The highest BCUT2D eigenvalue weighted by Crippen LogP contribution is 1.88. The zero-order valence-corrected chi connectivity index (χ0v) is 3.96. The highest BCUT2D eigenvalue weighted by Gasteiger charge is 2.04. The summed E-state index contributed by atoms with van der Waals surface area (Å²) in [4.78, 5) is 0. The summed E-state index contributed by atoms with van der Waals surface area (Å²) in [6, 6.07) is 0. The Bertz CT molecular complexity index is 73.3. The quantitative estimate of drug-likeness (QED) is 0.388. The van der Waals surface area contributed by atoms with Crippen molar-refractivity contribution >= 4 is 7.12 Å². The third-order valence-corrected chi connectivity index (χ3v) is 0.445. The molecular formula is C3H8BNO2. The van der Waals surface area contributed by atoms with E-state index in [1.165, 1.54) is 0 Å². The molecule has 3 nitrogen and oxygen atoms in total. The van der Waals surface area contributed by atoms with Crippen molar-refractivity contribution in [1.82, 2.24) is 0 Å². The average Bonchev–Trinajstić information content (AvgIpc) is 1.27. The van der Waals surface area contributed by atoms with Gasteiger partial charge >= 0.3 is 7.12 Å². The molecule has 0 aliphatic rings. The summed E-state index contributed by atoms with van der Waals surface area (Å²) in [6.45, 7) is 3.25. The van der Waals surface area contributed by atoms with Gasteiger partial charge < -0.3 is 15.8 Å². The summed E-state index contributed by atoms with van der Waals surface area (Å²) in [6.07, 6.45) is 0.0556. The van der Waals surface area contributed by atoms with Gasteiger partial charge in [-0.25, -0.2) is 0 Å². The maximum Gasteiger partial charge on any atom is 0.457 e. The van der Waals surface area contributed by atoms with Gasteiger partial charge in [0.25, 0.3) is 0 Å². The fourth-order valence-corrected chi connectivity index (χ4v) is 0.235. The van der Waals surface area contributed by atoms with Gasteiger partial charge in [-0.3, -0.25) is 0 Å². The van der Waals surface area contributed by atoms with Crippen molar-refractivity contribution in [2.45, 2.75) is 6.32 Å². The van der Waals surface area contributed by atoms with Gasteiger partial charge in [0, 0.05) is 6.32 Å². The third kappa shape index (κ3) is 5.52. The van der Waals surface area contributed by atoms with Crippen molar-refractivity contribution in [3.05, 3.63) is 12.3 Å². The molecule has 0 aromatic carbocycles. The third-order valence-electron chi connectivity index (χ3n) is 0.445. The summed E-state index contributed by atoms with van der Waals surface area (Å²) >= 11 is 0. The smallest absolute Gasteiger partial charge is 0.427 e. The summed E-state index contributed by atoms with van der Waals surface area (Å²) in [5.74, 6) is 0. The molecule has 0 fully saturated rings. The van der Waals surface area contributed by atoms with E-state index in [1.54, 1.807) is 0 Å². The van der Waals surface area contributed by atoms with Crippen molar-refractivity contribution < 1.29 is 10.0 Å². The molecule has 0 aliphatic heterocycles. The highest BCUT2D eigenvalue weighted by molar-refractivity contribution is 6.41. The Hall–Kier alpha value is -0.475. The van der Waals surface area contributed by atoms with Crippen molar-refractivity contribution in [2.24, 2.45) is 5.73 Å². The first-order valence-electron chi connectivity index (χ1n) is 1.92. The molecule has 0 aromatic heterocycles. The van der Waals surface area contributed by atoms with Gasteiger partial charge in [-0.2, -0.15) is 0 Å². The summed E-state index contributed by atoms with van der Waals surface area (Å²) in [5, 5.41) is 16.3. The second kappa shape index (κ2) is 2.66. The molecule has 40 valence electrons. The van der Waals surface area contributed by atoms with Crippen LogP contribution >= 0.6 is 0 Å². The molecule has 7 heavy (non-hydrogen) atoms. The lowest BCUT2D eigenvalue weighted by Crippen LogP contribution is -2.13. The number of nitrogens with two attached hydrogens (primary N) is 1. The first kappa shape index (κ1) is 6.52. The summed E-state index contributed by atoms with van der Waals surface area (Å²) in [5.41, 5.74) is 5.27. The summed E-state index contributed by atoms with van der Waals surface area (Å²) < 4.78 is 0. The van der Waals surface area contributed by atoms with Gasteiger partial charge in [0.1, 0.15) is 0 Å². The van der Waals surface area contributed by atoms with E-state index in [4.69, 9.17) is 15.8 Å². The van der Waals surface area contributed by atoms with Crippen LogP contribution in [-0.2, 0) is 0 Å². The topological polar surface area (TPSA) is 66.5 Å². The minimum absolute atomic E-state index is 0.0556. The van der Waals surface area contributed by atoms with Crippen LogP contribution in [0, 0.1) is 0 Å². The molecule has 0 spiro atoms. The first-order valence-corrected chi connectivity index (χ1v) is 1.92. The molecule has 0 aliphatic carbocycles. The van der Waals surface area contributed by atoms with E-state index in [0.29, 0.717) is 0 Å². The zero-order valence-electron chi connectivity index (χ0n) is 3.96. The van der Waals surface area contributed by atoms with Crippen molar-refractivity contribution in [3.8, 4) is 0 Å². The Balaban J connectivity index is 3.13. The van der Waals surface area contributed by atoms with Crippen LogP contribution in [0.2, 0.25) is 6.32 Å². The monoisotopic (exact) mass is 101 g/mol. The molecule has 4 heteroatoms. The van der Waals surface area contributed by atoms with Crippen LogP contribution < -0.4 is 5.73 Å². The molecule has 0 aromatic rings. The first-order chi connectivity index (χ1) is 3.13. The van der Waals surface area contributed by atoms with Gasteiger partial charge in [-0.1, -0.05) is 6.58 Å². The second-order valence-electron chi connectivity index (χ2n) is 1.34. The van der Waals surface area contributed by atoms with Crippen LogP contribution in [0.3, 0.4) is 0 Å². The number of allylic oxidation sites excluding steroid dienone is 1. The lowest BCUT2D eigenvalue weighted by atomic mass is 9.85. The zero-order chi connectivity index (χ0) is 5.86. The second-order valence-corrected chi connectivity index (χ2v) is 1.34. The normalized spacial score (nSPS) is 8.29. The Morgan fingerprint density at radius 2 is 2.14 bits per heavy atom. The molecule has 0 unspecified atom stereocenters. The van der Waals surface area contributed by atoms with Crippen LogP contribution in [0.4, 0.5) is 0 Å². The minimum atomic E-state index is -1.35. The van der Waals surface area contributed by atoms with E-state index >= 15 is 0 Å². The van der Waals surface area contributed by atoms with Crippen molar-refractivity contribution in [1.29, 1.82) is 0 Å². The van der Waals surface area contributed by atoms with E-state index in [9.17, 15) is 0 Å². The summed E-state index contributed by atoms with van der Waals surface area (Å²) in [7, 11) is -1.35. The number of hydrogen-bond acceptors (Lipinski definition) is 3. The molecule has 0 heterocycles. The molecule has 0 saturated heterocycles. The standard InChI is InChI=1S/C3H8BNO2/c1-3(5)2-4(6)7/h6-7H,1-2,5H2. The van der Waals surface area contributed by atoms with Gasteiger partial charge in [0.05, 0.1) is 0 Å². The SMILES string of the molecule is C=C(N)CB(O)O. The molecule has 0 atom stereocenters. The lowest BCUT2D eigenvalue weighted by Gasteiger charge is -1.93. The highest BCUT2D eigenvalue weighted by atomic mass is 16.4. The average molecular weight is 101 g/mol. The molecule has 0 bridgehead atoms. The molecule has 4 N–H and O–H groups in total. The predicted octanol–water partition coefficient (Wildman–Crippen LogP) is -1.07. The maximum atomic E-state index is 8.14. The van der Waals surface area contributed by atoms with Gasteiger partial charge in [0.15, 0.2) is 0 Å². The number of rotatable bonds is 2. The van der Waals surface area contributed by atoms with Gasteiger partial charge in [-0.05, 0) is 5.70 Å². The Labute approximate surface area is 42.6 Å². The van der Waals surface area contributed by atoms with Crippen LogP contribution in [-0.4, -0.2) is 17.2 Å². The molecule has 0 amide bonds. The van der Waals surface area contributed by atoms with Gasteiger partial charge in [-0.15, -0.1) is 0 Å².